The number of hydrogen-bond donors (Lipinski definition) is 1. The first kappa shape index (κ1) is 23.3. The number of aromatic amines is 1. The monoisotopic (exact) mass is 484 g/mol. The number of tetrazole rings is 1. The highest BCUT2D eigenvalue weighted by Crippen LogP contribution is 2.32. The van der Waals surface area contributed by atoms with E-state index in [-0.39, 0.29) is 11.7 Å². The van der Waals surface area contributed by atoms with Crippen molar-refractivity contribution in [3.63, 3.8) is 0 Å². The fourth-order valence-electron chi connectivity index (χ4n) is 4.39. The summed E-state index contributed by atoms with van der Waals surface area (Å²) in [4.78, 5) is 18.1. The second kappa shape index (κ2) is 10.1. The van der Waals surface area contributed by atoms with Gasteiger partial charge >= 0.3 is 5.69 Å². The second-order valence-corrected chi connectivity index (χ2v) is 8.72. The van der Waals surface area contributed by atoms with Gasteiger partial charge in [-0.25, -0.2) is 9.36 Å². The maximum Gasteiger partial charge on any atom is 0.335 e. The van der Waals surface area contributed by atoms with E-state index in [9.17, 15) is 4.79 Å². The molecule has 11 heteroatoms. The minimum Gasteiger partial charge on any atom is -0.296 e. The van der Waals surface area contributed by atoms with Crippen molar-refractivity contribution in [2.45, 2.75) is 52.6 Å². The van der Waals surface area contributed by atoms with E-state index in [0.717, 1.165) is 47.2 Å². The van der Waals surface area contributed by atoms with Crippen molar-refractivity contribution in [2.75, 3.05) is 0 Å². The molecule has 0 radical (unpaired) electrons. The van der Waals surface area contributed by atoms with E-state index in [1.807, 2.05) is 47.3 Å². The number of aromatic nitrogens is 10. The molecule has 1 aromatic carbocycles. The first-order chi connectivity index (χ1) is 17.6. The fourth-order valence-corrected chi connectivity index (χ4v) is 4.39. The lowest BCUT2D eigenvalue weighted by molar-refractivity contribution is 0.516. The quantitative estimate of drug-likeness (QED) is 0.340. The molecule has 4 heterocycles. The Morgan fingerprint density at radius 2 is 1.89 bits per heavy atom. The fraction of sp³-hybridized carbons (Fsp3) is 0.320. The lowest BCUT2D eigenvalue weighted by atomic mass is 9.96. The van der Waals surface area contributed by atoms with E-state index in [0.29, 0.717) is 18.3 Å². The molecule has 1 atom stereocenters. The highest BCUT2D eigenvalue weighted by molar-refractivity contribution is 5.81. The molecule has 0 aliphatic carbocycles. The Labute approximate surface area is 207 Å². The Kier molecular flexibility index (Phi) is 6.52. The average molecular weight is 485 g/mol. The summed E-state index contributed by atoms with van der Waals surface area (Å²) in [6, 6.07) is 10.0. The van der Waals surface area contributed by atoms with E-state index < -0.39 is 0 Å². The third-order valence-electron chi connectivity index (χ3n) is 6.44. The highest BCUT2D eigenvalue weighted by atomic mass is 16.2. The van der Waals surface area contributed by atoms with E-state index in [4.69, 9.17) is 0 Å². The third-order valence-corrected chi connectivity index (χ3v) is 6.44. The van der Waals surface area contributed by atoms with Crippen molar-refractivity contribution in [3.05, 3.63) is 77.0 Å². The first-order valence-corrected chi connectivity index (χ1v) is 12.1. The smallest absolute Gasteiger partial charge is 0.296 e. The van der Waals surface area contributed by atoms with Crippen LogP contribution in [0.1, 0.15) is 50.9 Å². The molecular weight excluding hydrogens is 456 g/mol. The van der Waals surface area contributed by atoms with Gasteiger partial charge in [0, 0.05) is 35.9 Å². The van der Waals surface area contributed by atoms with Gasteiger partial charge in [-0.1, -0.05) is 44.5 Å². The van der Waals surface area contributed by atoms with Crippen molar-refractivity contribution < 1.29 is 0 Å². The van der Waals surface area contributed by atoms with Crippen molar-refractivity contribution in [1.29, 1.82) is 0 Å². The molecular formula is C25H28N10O. The Balaban J connectivity index is 1.60. The number of aryl methyl sites for hydroxylation is 1. The molecule has 0 aliphatic heterocycles. The maximum atomic E-state index is 13.7. The van der Waals surface area contributed by atoms with E-state index >= 15 is 0 Å². The van der Waals surface area contributed by atoms with Crippen LogP contribution in [0.4, 0.5) is 0 Å². The lowest BCUT2D eigenvalue weighted by Gasteiger charge is -2.14. The molecule has 36 heavy (non-hydrogen) atoms. The van der Waals surface area contributed by atoms with Crippen molar-refractivity contribution in [2.24, 2.45) is 0 Å². The van der Waals surface area contributed by atoms with Crippen LogP contribution in [0.5, 0.6) is 0 Å². The zero-order chi connectivity index (χ0) is 25.1. The molecule has 0 amide bonds. The molecule has 0 saturated carbocycles. The number of benzene rings is 1. The number of rotatable bonds is 9. The van der Waals surface area contributed by atoms with Crippen LogP contribution in [-0.2, 0) is 13.0 Å². The minimum atomic E-state index is -0.155. The Hall–Kier alpha value is -4.41. The molecule has 11 nitrogen and oxygen atoms in total. The molecule has 0 saturated heterocycles. The lowest BCUT2D eigenvalue weighted by Crippen LogP contribution is -2.27. The van der Waals surface area contributed by atoms with Crippen LogP contribution < -0.4 is 5.69 Å². The highest BCUT2D eigenvalue weighted by Gasteiger charge is 2.20. The number of H-pyrrole nitrogens is 1. The number of pyridine rings is 1. The zero-order valence-electron chi connectivity index (χ0n) is 20.5. The molecule has 1 unspecified atom stereocenters. The summed E-state index contributed by atoms with van der Waals surface area (Å²) in [5.74, 6) is 1.03. The van der Waals surface area contributed by atoms with E-state index in [1.165, 1.54) is 0 Å². The van der Waals surface area contributed by atoms with Gasteiger partial charge in [-0.05, 0) is 47.7 Å². The number of nitrogens with zero attached hydrogens (tertiary/aromatic N) is 9. The Morgan fingerprint density at radius 3 is 2.64 bits per heavy atom. The molecule has 0 bridgehead atoms. The van der Waals surface area contributed by atoms with Crippen molar-refractivity contribution in [3.8, 4) is 28.5 Å². The molecule has 1 N–H and O–H groups in total. The summed E-state index contributed by atoms with van der Waals surface area (Å²) >= 11 is 0. The largest absolute Gasteiger partial charge is 0.335 e. The van der Waals surface area contributed by atoms with Gasteiger partial charge in [0.2, 0.25) is 11.8 Å². The SMILES string of the molecule is CCCc1cn(-c2nncn2C(C)CC)c(=O)n1Cc1cnccc1-c1ccccc1-c1nn[nH]n1. The number of hydrogen-bond acceptors (Lipinski definition) is 7. The van der Waals surface area contributed by atoms with Gasteiger partial charge in [-0.2, -0.15) is 5.21 Å². The van der Waals surface area contributed by atoms with Crippen molar-refractivity contribution in [1.82, 2.24) is 49.5 Å². The normalized spacial score (nSPS) is 12.2. The summed E-state index contributed by atoms with van der Waals surface area (Å²) in [6.45, 7) is 6.65. The number of imidazole rings is 1. The average Bonchev–Trinajstić information content (AvgIpc) is 3.67. The van der Waals surface area contributed by atoms with Crippen LogP contribution in [-0.4, -0.2) is 49.5 Å². The van der Waals surface area contributed by atoms with Gasteiger partial charge in [0.25, 0.3) is 0 Å². The molecule has 0 fully saturated rings. The molecule has 5 aromatic rings. The Bertz CT molecular complexity index is 1510. The standard InChI is InChI=1S/C25H28N10O/c1-4-8-19-15-34(24-30-27-16-35(24)17(3)5-2)25(36)33(19)14-18-13-26-12-11-20(18)21-9-6-7-10-22(21)23-28-31-32-29-23/h6-7,9-13,15-17H,4-5,8,14H2,1-3H3,(H,28,29,31,32). The van der Waals surface area contributed by atoms with Gasteiger partial charge in [0.05, 0.1) is 6.54 Å². The van der Waals surface area contributed by atoms with Crippen LogP contribution in [0.2, 0.25) is 0 Å². The first-order valence-electron chi connectivity index (χ1n) is 12.1. The van der Waals surface area contributed by atoms with Gasteiger partial charge in [0.1, 0.15) is 6.33 Å². The van der Waals surface area contributed by atoms with Gasteiger partial charge < -0.3 is 0 Å². The summed E-state index contributed by atoms with van der Waals surface area (Å²) in [7, 11) is 0. The summed E-state index contributed by atoms with van der Waals surface area (Å²) in [6.07, 6.45) is 9.70. The second-order valence-electron chi connectivity index (χ2n) is 8.72. The van der Waals surface area contributed by atoms with Gasteiger partial charge in [0.15, 0.2) is 0 Å². The predicted octanol–water partition coefficient (Wildman–Crippen LogP) is 3.44. The van der Waals surface area contributed by atoms with E-state index in [1.54, 1.807) is 21.7 Å². The zero-order valence-corrected chi connectivity index (χ0v) is 20.5. The van der Waals surface area contributed by atoms with E-state index in [2.05, 4.69) is 56.6 Å². The van der Waals surface area contributed by atoms with Crippen LogP contribution in [0.25, 0.3) is 28.5 Å². The molecule has 184 valence electrons. The topological polar surface area (TPSA) is 125 Å². The number of nitrogens with one attached hydrogen (secondary N) is 1. The predicted molar refractivity (Wildman–Crippen MR) is 135 cm³/mol. The summed E-state index contributed by atoms with van der Waals surface area (Å²) in [5, 5.41) is 22.9. The van der Waals surface area contributed by atoms with Crippen LogP contribution >= 0.6 is 0 Å². The molecule has 0 spiro atoms. The minimum absolute atomic E-state index is 0.155. The van der Waals surface area contributed by atoms with Gasteiger partial charge in [-0.15, -0.1) is 20.4 Å². The molecule has 0 aliphatic rings. The van der Waals surface area contributed by atoms with Crippen molar-refractivity contribution >= 4 is 0 Å². The van der Waals surface area contributed by atoms with Crippen LogP contribution in [0.15, 0.2) is 60.0 Å². The Morgan fingerprint density at radius 1 is 1.06 bits per heavy atom. The molecule has 5 rings (SSSR count). The molecule has 4 aromatic heterocycles. The van der Waals surface area contributed by atoms with Gasteiger partial charge in [-0.3, -0.25) is 14.1 Å². The van der Waals surface area contributed by atoms with Crippen LogP contribution in [0.3, 0.4) is 0 Å². The summed E-state index contributed by atoms with van der Waals surface area (Å²) in [5.41, 5.74) is 4.43. The third kappa shape index (κ3) is 4.23. The summed E-state index contributed by atoms with van der Waals surface area (Å²) < 4.78 is 5.35. The maximum absolute atomic E-state index is 13.7. The van der Waals surface area contributed by atoms with Crippen LogP contribution in [0, 0.1) is 0 Å².